The fourth-order valence-electron chi connectivity index (χ4n) is 11.8. The molecule has 0 atom stereocenters. The van der Waals surface area contributed by atoms with E-state index in [1.54, 1.807) is 7.11 Å². The lowest BCUT2D eigenvalue weighted by atomic mass is 9.72. The summed E-state index contributed by atoms with van der Waals surface area (Å²) in [5.41, 5.74) is 22.5. The molecule has 0 aliphatic carbocycles. The summed E-state index contributed by atoms with van der Waals surface area (Å²) in [6.07, 6.45) is 0. The lowest BCUT2D eigenvalue weighted by molar-refractivity contribution is 0.415. The first-order valence-electron chi connectivity index (χ1n) is 27.2. The molecule has 11 aromatic rings. The van der Waals surface area contributed by atoms with Gasteiger partial charge in [-0.05, 0) is 175 Å². The quantitative estimate of drug-likeness (QED) is 0.149. The molecule has 7 heteroatoms. The molecule has 82 heavy (non-hydrogen) atoms. The minimum absolute atomic E-state index is 0.289. The highest BCUT2D eigenvalue weighted by atomic mass is 16.5. The molecule has 0 fully saturated rings. The normalized spacial score (nSPS) is 13.0. The molecular weight excluding hydrogens is 1000 g/mol. The predicted molar refractivity (Wildman–Crippen MR) is 334 cm³/mol. The van der Waals surface area contributed by atoms with Crippen LogP contribution in [0, 0.1) is 35.8 Å². The molecule has 0 saturated carbocycles. The number of methoxy groups -OCH3 is 1. The number of nitriles is 2. The lowest BCUT2D eigenvalue weighted by Crippen LogP contribution is -2.30. The Bertz CT molecular complexity index is 4230. The third kappa shape index (κ3) is 9.23. The van der Waals surface area contributed by atoms with E-state index in [4.69, 9.17) is 17.9 Å². The second kappa shape index (κ2) is 21.0. The van der Waals surface area contributed by atoms with Gasteiger partial charge in [0.05, 0.1) is 72.0 Å². The van der Waals surface area contributed by atoms with Crippen LogP contribution in [0.1, 0.15) is 61.1 Å². The average molecular weight is 1060 g/mol. The van der Waals surface area contributed by atoms with Gasteiger partial charge in [0, 0.05) is 21.9 Å². The molecule has 0 saturated heterocycles. The molecule has 7 nitrogen and oxygen atoms in total. The molecule has 2 aliphatic heterocycles. The number of anilines is 6. The highest BCUT2D eigenvalue weighted by molar-refractivity contribution is 6.01. The summed E-state index contributed by atoms with van der Waals surface area (Å²) >= 11 is 0. The Morgan fingerprint density at radius 1 is 0.378 bits per heavy atom. The van der Waals surface area contributed by atoms with Gasteiger partial charge in [0.15, 0.2) is 11.4 Å². The number of ether oxygens (including phenoxy) is 1. The molecule has 0 aromatic heterocycles. The van der Waals surface area contributed by atoms with Gasteiger partial charge in [-0.1, -0.05) is 161 Å². The number of nitrogens with zero attached hydrogens (tertiary/aromatic N) is 6. The van der Waals surface area contributed by atoms with Gasteiger partial charge in [-0.15, -0.1) is 0 Å². The highest BCUT2D eigenvalue weighted by Crippen LogP contribution is 2.56. The Hall–Kier alpha value is -11.0. The molecule has 13 rings (SSSR count). The van der Waals surface area contributed by atoms with Crippen molar-refractivity contribution < 1.29 is 4.74 Å². The van der Waals surface area contributed by atoms with E-state index < -0.39 is 0 Å². The minimum Gasteiger partial charge on any atom is -0.497 e. The van der Waals surface area contributed by atoms with Crippen molar-refractivity contribution in [3.05, 3.63) is 293 Å². The smallest absolute Gasteiger partial charge is 0.187 e. The summed E-state index contributed by atoms with van der Waals surface area (Å²) in [4.78, 5) is 11.8. The zero-order chi connectivity index (χ0) is 56.7. The largest absolute Gasteiger partial charge is 0.497 e. The third-order valence-corrected chi connectivity index (χ3v) is 16.3. The van der Waals surface area contributed by atoms with Crippen LogP contribution in [0.4, 0.5) is 45.5 Å². The summed E-state index contributed by atoms with van der Waals surface area (Å²) in [7, 11) is 1.68. The van der Waals surface area contributed by atoms with Crippen LogP contribution in [0.5, 0.6) is 5.75 Å². The first-order chi connectivity index (χ1) is 39.9. The highest BCUT2D eigenvalue weighted by Gasteiger charge is 2.39. The number of hydrogen-bond donors (Lipinski definition) is 0. The molecule has 0 radical (unpaired) electrons. The number of fused-ring (bicyclic) bond motifs is 5. The van der Waals surface area contributed by atoms with Crippen LogP contribution in [-0.2, 0) is 10.8 Å². The van der Waals surface area contributed by atoms with Crippen LogP contribution in [0.25, 0.3) is 65.0 Å². The van der Waals surface area contributed by atoms with Crippen molar-refractivity contribution in [3.8, 4) is 62.4 Å². The van der Waals surface area contributed by atoms with E-state index in [2.05, 4.69) is 187 Å². The molecule has 390 valence electrons. The summed E-state index contributed by atoms with van der Waals surface area (Å²) in [6, 6.07) is 85.6. The Balaban J connectivity index is 0.000000162. The van der Waals surface area contributed by atoms with E-state index in [0.29, 0.717) is 22.5 Å². The SMILES string of the molecule is [C-]#[N+]c1ccc(-c2ccc3c(c2)C(C)(C)c2cc(-c4ccc(C#N)cc4)ccc2N3c2ccc(OC)cc2)cc1.[C-]#[N+]c1ccc(-c2ccc3c(c2)C(C)(C)c2cc(-c4ccc(C#N)cc4)ccc2N3c2cccc3ccccc23)cc1. The molecule has 0 unspecified atom stereocenters. The number of rotatable bonds is 7. The van der Waals surface area contributed by atoms with Crippen molar-refractivity contribution in [2.45, 2.75) is 38.5 Å². The van der Waals surface area contributed by atoms with Gasteiger partial charge in [-0.3, -0.25) is 0 Å². The summed E-state index contributed by atoms with van der Waals surface area (Å²) in [6.45, 7) is 23.8. The van der Waals surface area contributed by atoms with E-state index in [1.165, 1.54) is 33.0 Å². The molecule has 0 amide bonds. The van der Waals surface area contributed by atoms with Crippen LogP contribution in [0.2, 0.25) is 0 Å². The van der Waals surface area contributed by atoms with E-state index >= 15 is 0 Å². The van der Waals surface area contributed by atoms with Crippen molar-refractivity contribution in [2.24, 2.45) is 0 Å². The Morgan fingerprint density at radius 3 is 1.11 bits per heavy atom. The Labute approximate surface area is 479 Å². The zero-order valence-electron chi connectivity index (χ0n) is 46.1. The molecule has 2 heterocycles. The van der Waals surface area contributed by atoms with Crippen molar-refractivity contribution in [3.63, 3.8) is 0 Å². The Kier molecular flexibility index (Phi) is 13.3. The van der Waals surface area contributed by atoms with Crippen LogP contribution >= 0.6 is 0 Å². The predicted octanol–water partition coefficient (Wildman–Crippen LogP) is 20.3. The average Bonchev–Trinajstić information content (AvgIpc) is 1.73. The zero-order valence-corrected chi connectivity index (χ0v) is 46.1. The minimum atomic E-state index is -0.291. The van der Waals surface area contributed by atoms with Crippen molar-refractivity contribution in [2.75, 3.05) is 16.9 Å². The van der Waals surface area contributed by atoms with Gasteiger partial charge in [0.2, 0.25) is 0 Å². The monoisotopic (exact) mass is 1050 g/mol. The fourth-order valence-corrected chi connectivity index (χ4v) is 11.8. The van der Waals surface area contributed by atoms with E-state index in [-0.39, 0.29) is 10.8 Å². The lowest BCUT2D eigenvalue weighted by Gasteiger charge is -2.43. The van der Waals surface area contributed by atoms with Crippen LogP contribution in [-0.4, -0.2) is 7.11 Å². The maximum absolute atomic E-state index is 9.29. The van der Waals surface area contributed by atoms with Crippen molar-refractivity contribution in [1.82, 2.24) is 0 Å². The topological polar surface area (TPSA) is 72.0 Å². The standard InChI is InChI=1S/C39H27N3.C36H27N3O/c1-39(2)34-23-30(27-13-11-26(25-40)12-14-27)17-21-37(34)42(36-10-6-8-29-7-4-5-9-33(29)36)38-22-18-31(24-35(38)39)28-15-19-32(41-3)20-16-28;1-36(2)32-21-27(25-7-5-24(23-37)6-8-25)11-19-34(32)39(30-15-17-31(40-4)18-16-30)35-20-12-28(22-33(35)36)26-9-13-29(38-3)14-10-26/h4-24H,1-2H3;5-22H,1-2,4H3. The summed E-state index contributed by atoms with van der Waals surface area (Å²) < 4.78 is 5.43. The Morgan fingerprint density at radius 2 is 0.732 bits per heavy atom. The van der Waals surface area contributed by atoms with Crippen molar-refractivity contribution >= 4 is 56.3 Å². The first-order valence-corrected chi connectivity index (χ1v) is 27.2. The van der Waals surface area contributed by atoms with E-state index in [0.717, 1.165) is 84.4 Å². The molecule has 11 aromatic carbocycles. The third-order valence-electron chi connectivity index (χ3n) is 16.3. The molecule has 0 bridgehead atoms. The fraction of sp³-hybridized carbons (Fsp3) is 0.0933. The van der Waals surface area contributed by atoms with Gasteiger partial charge in [0.25, 0.3) is 0 Å². The second-order valence-electron chi connectivity index (χ2n) is 21.7. The molecule has 2 aliphatic rings. The van der Waals surface area contributed by atoms with Gasteiger partial charge < -0.3 is 14.5 Å². The van der Waals surface area contributed by atoms with Crippen LogP contribution in [0.3, 0.4) is 0 Å². The van der Waals surface area contributed by atoms with E-state index in [1.807, 2.05) is 109 Å². The molecule has 0 N–H and O–H groups in total. The molecular formula is C75H54N6O. The van der Waals surface area contributed by atoms with Gasteiger partial charge in [0.1, 0.15) is 5.75 Å². The van der Waals surface area contributed by atoms with E-state index in [9.17, 15) is 10.5 Å². The first kappa shape index (κ1) is 51.8. The second-order valence-corrected chi connectivity index (χ2v) is 21.7. The van der Waals surface area contributed by atoms with Crippen LogP contribution < -0.4 is 14.5 Å². The maximum Gasteiger partial charge on any atom is 0.187 e. The summed E-state index contributed by atoms with van der Waals surface area (Å²) in [5, 5.41) is 20.9. The number of benzene rings is 11. The van der Waals surface area contributed by atoms with Gasteiger partial charge >= 0.3 is 0 Å². The number of hydrogen-bond acceptors (Lipinski definition) is 5. The van der Waals surface area contributed by atoms with Crippen molar-refractivity contribution in [1.29, 1.82) is 10.5 Å². The van der Waals surface area contributed by atoms with Gasteiger partial charge in [-0.25, -0.2) is 9.69 Å². The van der Waals surface area contributed by atoms with Gasteiger partial charge in [-0.2, -0.15) is 10.5 Å². The summed E-state index contributed by atoms with van der Waals surface area (Å²) in [5.74, 6) is 0.816. The maximum atomic E-state index is 9.29. The molecule has 0 spiro atoms. The van der Waals surface area contributed by atoms with Crippen LogP contribution in [0.15, 0.2) is 237 Å².